The molecule has 1 nitrogen and oxygen atoms in total. The molecular weight excluding hydrogens is 208 g/mol. The molecule has 15 heavy (non-hydrogen) atoms. The van der Waals surface area contributed by atoms with Crippen molar-refractivity contribution in [2.24, 2.45) is 0 Å². The van der Waals surface area contributed by atoms with Crippen LogP contribution >= 0.6 is 11.6 Å². The maximum atomic E-state index is 12.0. The van der Waals surface area contributed by atoms with E-state index in [4.69, 9.17) is 11.6 Å². The number of hydrogen-bond donors (Lipinski definition) is 0. The summed E-state index contributed by atoms with van der Waals surface area (Å²) in [7, 11) is 0. The first-order valence-electron chi connectivity index (χ1n) is 4.71. The molecule has 0 aliphatic heterocycles. The quantitative estimate of drug-likeness (QED) is 0.597. The second-order valence-electron chi connectivity index (χ2n) is 3.56. The van der Waals surface area contributed by atoms with Crippen molar-refractivity contribution in [1.29, 1.82) is 0 Å². The van der Waals surface area contributed by atoms with Crippen molar-refractivity contribution in [3.63, 3.8) is 0 Å². The van der Waals surface area contributed by atoms with Crippen molar-refractivity contribution in [3.05, 3.63) is 58.6 Å². The first-order chi connectivity index (χ1) is 7.27. The van der Waals surface area contributed by atoms with Crippen molar-refractivity contribution in [2.75, 3.05) is 0 Å². The average molecular weight is 215 g/mol. The Balaban J connectivity index is 1.98. The molecule has 0 amide bonds. The zero-order valence-electron chi connectivity index (χ0n) is 7.83. The van der Waals surface area contributed by atoms with E-state index in [9.17, 15) is 4.79 Å². The highest BCUT2D eigenvalue weighted by Gasteiger charge is 2.29. The van der Waals surface area contributed by atoms with Crippen molar-refractivity contribution in [2.45, 2.75) is 0 Å². The third-order valence-corrected chi connectivity index (χ3v) is 2.88. The Bertz CT molecular complexity index is 535. The third-order valence-electron chi connectivity index (χ3n) is 2.63. The Labute approximate surface area is 92.3 Å². The summed E-state index contributed by atoms with van der Waals surface area (Å²) in [5.41, 5.74) is 3.75. The number of carbonyl (C=O) groups is 1. The predicted octanol–water partition coefficient (Wildman–Crippen LogP) is 3.55. The van der Waals surface area contributed by atoms with Gasteiger partial charge in [0.2, 0.25) is 0 Å². The number of benzene rings is 2. The molecule has 1 aromatic rings. The van der Waals surface area contributed by atoms with Crippen LogP contribution in [0, 0.1) is 0 Å². The van der Waals surface area contributed by atoms with E-state index in [0.717, 1.165) is 16.7 Å². The number of fused-ring (bicyclic) bond motifs is 1. The maximum Gasteiger partial charge on any atom is 0.194 e. The van der Waals surface area contributed by atoms with Crippen LogP contribution in [0.5, 0.6) is 0 Å². The Morgan fingerprint density at radius 3 is 2.13 bits per heavy atom. The van der Waals surface area contributed by atoms with Gasteiger partial charge < -0.3 is 0 Å². The summed E-state index contributed by atoms with van der Waals surface area (Å²) < 4.78 is 0. The smallest absolute Gasteiger partial charge is 0.194 e. The van der Waals surface area contributed by atoms with Gasteiger partial charge in [-0.1, -0.05) is 29.8 Å². The molecule has 0 N–H and O–H groups in total. The molecule has 1 aromatic carbocycles. The van der Waals surface area contributed by atoms with Gasteiger partial charge in [0.1, 0.15) is 0 Å². The third kappa shape index (κ3) is 1.28. The van der Waals surface area contributed by atoms with Crippen molar-refractivity contribution in [3.8, 4) is 11.1 Å². The normalized spacial score (nSPS) is 11.3. The average Bonchev–Trinajstić information content (AvgIpc) is 2.72. The van der Waals surface area contributed by atoms with Gasteiger partial charge in [-0.25, -0.2) is 0 Å². The summed E-state index contributed by atoms with van der Waals surface area (Å²) in [5, 5.41) is 0.652. The standard InChI is InChI=1S/C13H7ClO/c14-9-6-4-8(5-7-9)13(15)12-10-2-1-3-11(10)12/h1-7H. The van der Waals surface area contributed by atoms with Gasteiger partial charge in [0.05, 0.1) is 0 Å². The highest BCUT2D eigenvalue weighted by atomic mass is 35.5. The summed E-state index contributed by atoms with van der Waals surface area (Å²) in [6, 6.07) is 12.9. The highest BCUT2D eigenvalue weighted by molar-refractivity contribution is 6.31. The number of ketones is 1. The van der Waals surface area contributed by atoms with Crippen molar-refractivity contribution in [1.82, 2.24) is 0 Å². The molecule has 2 aliphatic rings. The fourth-order valence-corrected chi connectivity index (χ4v) is 1.92. The lowest BCUT2D eigenvalue weighted by atomic mass is 10.1. The van der Waals surface area contributed by atoms with E-state index in [1.807, 2.05) is 18.2 Å². The van der Waals surface area contributed by atoms with Crippen molar-refractivity contribution < 1.29 is 4.79 Å². The Kier molecular flexibility index (Phi) is 1.70. The van der Waals surface area contributed by atoms with Gasteiger partial charge in [-0.2, -0.15) is 0 Å². The minimum absolute atomic E-state index is 0.0947. The lowest BCUT2D eigenvalue weighted by Crippen LogP contribution is -1.94. The van der Waals surface area contributed by atoms with Crippen LogP contribution in [0.1, 0.15) is 15.9 Å². The van der Waals surface area contributed by atoms with Crippen LogP contribution in [-0.4, -0.2) is 5.78 Å². The Morgan fingerprint density at radius 2 is 1.53 bits per heavy atom. The van der Waals surface area contributed by atoms with Crippen LogP contribution in [0.3, 0.4) is 0 Å². The van der Waals surface area contributed by atoms with Gasteiger partial charge in [0, 0.05) is 16.1 Å². The molecule has 0 heterocycles. The summed E-state index contributed by atoms with van der Waals surface area (Å²) >= 11 is 5.76. The topological polar surface area (TPSA) is 17.1 Å². The molecule has 2 aliphatic carbocycles. The second-order valence-corrected chi connectivity index (χ2v) is 4.00. The summed E-state index contributed by atoms with van der Waals surface area (Å²) in [6.07, 6.45) is 0. The second kappa shape index (κ2) is 2.94. The molecule has 3 rings (SSSR count). The summed E-state index contributed by atoms with van der Waals surface area (Å²) in [6.45, 7) is 0. The first-order valence-corrected chi connectivity index (χ1v) is 5.09. The molecule has 2 heteroatoms. The number of rotatable bonds is 2. The molecule has 0 bridgehead atoms. The van der Waals surface area contributed by atoms with Crippen LogP contribution in [0.4, 0.5) is 0 Å². The lowest BCUT2D eigenvalue weighted by molar-refractivity contribution is 0.104. The molecule has 0 fully saturated rings. The number of carbonyl (C=O) groups excluding carboxylic acids is 1. The van der Waals surface area contributed by atoms with Gasteiger partial charge >= 0.3 is 0 Å². The van der Waals surface area contributed by atoms with Gasteiger partial charge in [-0.15, -0.1) is 0 Å². The molecule has 0 aromatic heterocycles. The van der Waals surface area contributed by atoms with Crippen LogP contribution in [0.15, 0.2) is 42.5 Å². The van der Waals surface area contributed by atoms with Crippen molar-refractivity contribution >= 4 is 17.4 Å². The predicted molar refractivity (Wildman–Crippen MR) is 60.3 cm³/mol. The van der Waals surface area contributed by atoms with E-state index >= 15 is 0 Å². The SMILES string of the molecule is O=C(c1ccc(Cl)cc1)c1c2cccc1-2. The van der Waals surface area contributed by atoms with E-state index < -0.39 is 0 Å². The molecule has 0 saturated heterocycles. The fraction of sp³-hybridized carbons (Fsp3) is 0. The van der Waals surface area contributed by atoms with Crippen LogP contribution < -0.4 is 0 Å². The van der Waals surface area contributed by atoms with Gasteiger partial charge in [0.15, 0.2) is 5.78 Å². The Morgan fingerprint density at radius 1 is 0.933 bits per heavy atom. The molecule has 0 unspecified atom stereocenters. The minimum Gasteiger partial charge on any atom is -0.289 e. The zero-order chi connectivity index (χ0) is 10.4. The molecule has 0 atom stereocenters. The lowest BCUT2D eigenvalue weighted by Gasteiger charge is -1.95. The van der Waals surface area contributed by atoms with Gasteiger partial charge in [-0.3, -0.25) is 4.79 Å². The van der Waals surface area contributed by atoms with Crippen LogP contribution in [0.2, 0.25) is 5.02 Å². The van der Waals surface area contributed by atoms with Gasteiger partial charge in [-0.05, 0) is 35.4 Å². The summed E-state index contributed by atoms with van der Waals surface area (Å²) in [5.74, 6) is 0.0947. The molecule has 72 valence electrons. The Hall–Kier alpha value is -1.60. The molecular formula is C13H7ClO. The summed E-state index contributed by atoms with van der Waals surface area (Å²) in [4.78, 5) is 12.0. The molecule has 0 saturated carbocycles. The zero-order valence-corrected chi connectivity index (χ0v) is 8.58. The first kappa shape index (κ1) is 8.69. The molecule has 0 radical (unpaired) electrons. The largest absolute Gasteiger partial charge is 0.289 e. The number of hydrogen-bond acceptors (Lipinski definition) is 1. The van der Waals surface area contributed by atoms with E-state index in [0.29, 0.717) is 10.6 Å². The van der Waals surface area contributed by atoms with E-state index in [1.165, 1.54) is 0 Å². The monoisotopic (exact) mass is 214 g/mol. The maximum absolute atomic E-state index is 12.0. The fourth-order valence-electron chi connectivity index (χ4n) is 1.79. The molecule has 0 spiro atoms. The minimum atomic E-state index is 0.0947. The van der Waals surface area contributed by atoms with E-state index in [-0.39, 0.29) is 5.78 Å². The van der Waals surface area contributed by atoms with Crippen LogP contribution in [0.25, 0.3) is 11.1 Å². The van der Waals surface area contributed by atoms with E-state index in [2.05, 4.69) is 0 Å². The highest BCUT2D eigenvalue weighted by Crippen LogP contribution is 2.43. The number of halogens is 1. The van der Waals surface area contributed by atoms with Gasteiger partial charge in [0.25, 0.3) is 0 Å². The van der Waals surface area contributed by atoms with E-state index in [1.54, 1.807) is 24.3 Å². The van der Waals surface area contributed by atoms with Crippen LogP contribution in [-0.2, 0) is 0 Å².